The van der Waals surface area contributed by atoms with Crippen molar-refractivity contribution in [3.8, 4) is 0 Å². The molecule has 0 spiro atoms. The lowest BCUT2D eigenvalue weighted by molar-refractivity contribution is 0.139. The molecule has 19 heavy (non-hydrogen) atoms. The minimum atomic E-state index is -0.0775. The lowest BCUT2D eigenvalue weighted by Crippen LogP contribution is -2.47. The largest absolute Gasteiger partial charge is 0.394 e. The van der Waals surface area contributed by atoms with Gasteiger partial charge in [0.1, 0.15) is 0 Å². The maximum Gasteiger partial charge on any atom is 0.0613 e. The molecule has 0 radical (unpaired) electrons. The standard InChI is InChI=1S/C15H33N3O/c1-5-15(13-19,16-3)8-6-10-18-11-7-9-17(4)12-14(18)2/h14,16,19H,5-13H2,1-4H3. The van der Waals surface area contributed by atoms with Gasteiger partial charge < -0.3 is 15.3 Å². The number of nitrogens with one attached hydrogen (secondary N) is 1. The summed E-state index contributed by atoms with van der Waals surface area (Å²) in [6, 6.07) is 0.646. The third-order valence-electron chi connectivity index (χ3n) is 4.79. The van der Waals surface area contributed by atoms with Gasteiger partial charge in [0.05, 0.1) is 6.61 Å². The van der Waals surface area contributed by atoms with Crippen LogP contribution in [0.25, 0.3) is 0 Å². The molecule has 0 amide bonds. The molecule has 2 atom stereocenters. The lowest BCUT2D eigenvalue weighted by atomic mass is 9.91. The highest BCUT2D eigenvalue weighted by molar-refractivity contribution is 4.85. The summed E-state index contributed by atoms with van der Waals surface area (Å²) in [7, 11) is 4.18. The number of likely N-dealkylation sites (N-methyl/N-ethyl adjacent to an activating group) is 2. The molecule has 1 aliphatic rings. The van der Waals surface area contributed by atoms with E-state index in [9.17, 15) is 5.11 Å². The second kappa shape index (κ2) is 8.20. The van der Waals surface area contributed by atoms with Crippen LogP contribution in [0, 0.1) is 0 Å². The third-order valence-corrected chi connectivity index (χ3v) is 4.79. The van der Waals surface area contributed by atoms with E-state index in [1.54, 1.807) is 0 Å². The van der Waals surface area contributed by atoms with Gasteiger partial charge in [0, 0.05) is 18.1 Å². The Bertz CT molecular complexity index is 235. The van der Waals surface area contributed by atoms with Crippen LogP contribution in [-0.4, -0.2) is 73.4 Å². The van der Waals surface area contributed by atoms with Gasteiger partial charge in [-0.05, 0) is 66.3 Å². The van der Waals surface area contributed by atoms with E-state index in [0.29, 0.717) is 6.04 Å². The zero-order chi connectivity index (χ0) is 14.3. The fourth-order valence-corrected chi connectivity index (χ4v) is 3.12. The Morgan fingerprint density at radius 2 is 2.11 bits per heavy atom. The van der Waals surface area contributed by atoms with Crippen LogP contribution in [-0.2, 0) is 0 Å². The van der Waals surface area contributed by atoms with E-state index >= 15 is 0 Å². The highest BCUT2D eigenvalue weighted by atomic mass is 16.3. The molecule has 0 saturated carbocycles. The predicted molar refractivity (Wildman–Crippen MR) is 81.6 cm³/mol. The van der Waals surface area contributed by atoms with Crippen molar-refractivity contribution in [1.29, 1.82) is 0 Å². The van der Waals surface area contributed by atoms with Crippen LogP contribution in [0.1, 0.15) is 39.5 Å². The second-order valence-electron chi connectivity index (χ2n) is 6.15. The van der Waals surface area contributed by atoms with Crippen molar-refractivity contribution in [2.45, 2.75) is 51.1 Å². The highest BCUT2D eigenvalue weighted by Gasteiger charge is 2.25. The molecule has 0 bridgehead atoms. The number of aliphatic hydroxyl groups is 1. The monoisotopic (exact) mass is 271 g/mol. The number of rotatable bonds is 7. The molecule has 1 fully saturated rings. The van der Waals surface area contributed by atoms with Gasteiger partial charge in [-0.3, -0.25) is 4.90 Å². The van der Waals surface area contributed by atoms with E-state index in [2.05, 4.69) is 36.0 Å². The number of hydrogen-bond donors (Lipinski definition) is 2. The molecule has 4 heteroatoms. The Morgan fingerprint density at radius 3 is 2.68 bits per heavy atom. The van der Waals surface area contributed by atoms with Gasteiger partial charge in [0.25, 0.3) is 0 Å². The summed E-state index contributed by atoms with van der Waals surface area (Å²) in [5, 5.41) is 12.9. The van der Waals surface area contributed by atoms with E-state index in [4.69, 9.17) is 0 Å². The van der Waals surface area contributed by atoms with E-state index in [1.807, 2.05) is 7.05 Å². The van der Waals surface area contributed by atoms with Crippen LogP contribution in [0.15, 0.2) is 0 Å². The van der Waals surface area contributed by atoms with Gasteiger partial charge in [0.15, 0.2) is 0 Å². The first-order valence-electron chi connectivity index (χ1n) is 7.79. The molecule has 1 rings (SSSR count). The van der Waals surface area contributed by atoms with Crippen LogP contribution in [0.5, 0.6) is 0 Å². The summed E-state index contributed by atoms with van der Waals surface area (Å²) in [5.74, 6) is 0. The van der Waals surface area contributed by atoms with Crippen LogP contribution >= 0.6 is 0 Å². The van der Waals surface area contributed by atoms with E-state index in [-0.39, 0.29) is 12.1 Å². The Labute approximate surface area is 119 Å². The molecular weight excluding hydrogens is 238 g/mol. The smallest absolute Gasteiger partial charge is 0.0613 e. The normalized spacial score (nSPS) is 26.1. The number of aliphatic hydroxyl groups excluding tert-OH is 1. The summed E-state index contributed by atoms with van der Waals surface area (Å²) in [6.07, 6.45) is 4.46. The average molecular weight is 271 g/mol. The zero-order valence-corrected chi connectivity index (χ0v) is 13.3. The van der Waals surface area contributed by atoms with Crippen molar-refractivity contribution >= 4 is 0 Å². The molecule has 1 saturated heterocycles. The van der Waals surface area contributed by atoms with Crippen molar-refractivity contribution in [3.05, 3.63) is 0 Å². The summed E-state index contributed by atoms with van der Waals surface area (Å²) in [5.41, 5.74) is -0.0775. The van der Waals surface area contributed by atoms with Gasteiger partial charge >= 0.3 is 0 Å². The topological polar surface area (TPSA) is 38.7 Å². The fourth-order valence-electron chi connectivity index (χ4n) is 3.12. The fraction of sp³-hybridized carbons (Fsp3) is 1.00. The van der Waals surface area contributed by atoms with Gasteiger partial charge in [0.2, 0.25) is 0 Å². The van der Waals surface area contributed by atoms with Crippen LogP contribution in [0.3, 0.4) is 0 Å². The van der Waals surface area contributed by atoms with Crippen LogP contribution < -0.4 is 5.32 Å². The lowest BCUT2D eigenvalue weighted by Gasteiger charge is -2.33. The summed E-state index contributed by atoms with van der Waals surface area (Å²) in [6.45, 7) is 9.47. The molecule has 1 heterocycles. The van der Waals surface area contributed by atoms with E-state index in [0.717, 1.165) is 25.8 Å². The summed E-state index contributed by atoms with van der Waals surface area (Å²) in [4.78, 5) is 5.04. The first-order chi connectivity index (χ1) is 9.06. The van der Waals surface area contributed by atoms with Crippen LogP contribution in [0.2, 0.25) is 0 Å². The zero-order valence-electron chi connectivity index (χ0n) is 13.3. The predicted octanol–water partition coefficient (Wildman–Crippen LogP) is 1.15. The van der Waals surface area contributed by atoms with Gasteiger partial charge in [-0.1, -0.05) is 6.92 Å². The van der Waals surface area contributed by atoms with Gasteiger partial charge in [-0.15, -0.1) is 0 Å². The van der Waals surface area contributed by atoms with Crippen molar-refractivity contribution in [1.82, 2.24) is 15.1 Å². The Morgan fingerprint density at radius 1 is 1.37 bits per heavy atom. The Balaban J connectivity index is 2.38. The molecule has 1 aliphatic heterocycles. The minimum Gasteiger partial charge on any atom is -0.394 e. The quantitative estimate of drug-likeness (QED) is 0.729. The van der Waals surface area contributed by atoms with E-state index < -0.39 is 0 Å². The molecule has 2 N–H and O–H groups in total. The third kappa shape index (κ3) is 5.03. The van der Waals surface area contributed by atoms with E-state index in [1.165, 1.54) is 26.1 Å². The molecule has 0 aromatic carbocycles. The molecule has 0 aliphatic carbocycles. The minimum absolute atomic E-state index is 0.0775. The Hall–Kier alpha value is -0.160. The molecule has 4 nitrogen and oxygen atoms in total. The van der Waals surface area contributed by atoms with Crippen LogP contribution in [0.4, 0.5) is 0 Å². The maximum absolute atomic E-state index is 9.56. The van der Waals surface area contributed by atoms with Gasteiger partial charge in [-0.2, -0.15) is 0 Å². The van der Waals surface area contributed by atoms with Crippen molar-refractivity contribution in [3.63, 3.8) is 0 Å². The molecular formula is C15H33N3O. The average Bonchev–Trinajstić information content (AvgIpc) is 2.57. The first kappa shape index (κ1) is 16.9. The second-order valence-corrected chi connectivity index (χ2v) is 6.15. The van der Waals surface area contributed by atoms with Crippen molar-refractivity contribution < 1.29 is 5.11 Å². The first-order valence-corrected chi connectivity index (χ1v) is 7.79. The SMILES string of the molecule is CCC(CO)(CCCN1CCCN(C)CC1C)NC. The molecule has 0 aromatic heterocycles. The summed E-state index contributed by atoms with van der Waals surface area (Å²) >= 11 is 0. The summed E-state index contributed by atoms with van der Waals surface area (Å²) < 4.78 is 0. The highest BCUT2D eigenvalue weighted by Crippen LogP contribution is 2.18. The van der Waals surface area contributed by atoms with Gasteiger partial charge in [-0.25, -0.2) is 0 Å². The number of hydrogen-bond acceptors (Lipinski definition) is 4. The molecule has 114 valence electrons. The molecule has 0 aromatic rings. The van der Waals surface area contributed by atoms with Crippen molar-refractivity contribution in [2.24, 2.45) is 0 Å². The maximum atomic E-state index is 9.56. The number of nitrogens with zero attached hydrogens (tertiary/aromatic N) is 2. The Kier molecular flexibility index (Phi) is 7.29. The molecule has 2 unspecified atom stereocenters. The van der Waals surface area contributed by atoms with Crippen molar-refractivity contribution in [2.75, 3.05) is 46.9 Å².